The second-order valence-electron chi connectivity index (χ2n) is 7.16. The van der Waals surface area contributed by atoms with Crippen molar-refractivity contribution in [1.82, 2.24) is 20.5 Å². The van der Waals surface area contributed by atoms with E-state index in [2.05, 4.69) is 27.5 Å². The topological polar surface area (TPSA) is 78.8 Å². The van der Waals surface area contributed by atoms with E-state index in [0.717, 1.165) is 43.9 Å². The van der Waals surface area contributed by atoms with Crippen LogP contribution in [-0.4, -0.2) is 54.5 Å². The molecule has 7 heteroatoms. The van der Waals surface area contributed by atoms with Gasteiger partial charge in [-0.15, -0.1) is 0 Å². The number of aliphatic imine (C=N–C) groups is 1. The summed E-state index contributed by atoms with van der Waals surface area (Å²) in [6.07, 6.45) is 4.78. The monoisotopic (exact) mass is 375 g/mol. The zero-order chi connectivity index (χ0) is 19.6. The number of likely N-dealkylation sites (tertiary alicyclic amines) is 1. The molecule has 0 radical (unpaired) electrons. The first-order valence-electron chi connectivity index (χ1n) is 9.87. The van der Waals surface area contributed by atoms with E-state index in [0.29, 0.717) is 19.0 Å². The van der Waals surface area contributed by atoms with Gasteiger partial charge in [0.05, 0.1) is 6.61 Å². The minimum absolute atomic E-state index is 0.0397. The van der Waals surface area contributed by atoms with Crippen LogP contribution in [0.25, 0.3) is 0 Å². The molecule has 1 saturated heterocycles. The number of carbonyl (C=O) groups excluding carboxylic acids is 1. The van der Waals surface area contributed by atoms with Gasteiger partial charge in [-0.1, -0.05) is 33.3 Å². The minimum atomic E-state index is 0.0397. The zero-order valence-electron chi connectivity index (χ0n) is 17.0. The van der Waals surface area contributed by atoms with Crippen molar-refractivity contribution < 1.29 is 9.53 Å². The first kappa shape index (κ1) is 21.0. The summed E-state index contributed by atoms with van der Waals surface area (Å²) in [6.45, 7) is 8.79. The van der Waals surface area contributed by atoms with Crippen LogP contribution in [0, 0.1) is 5.92 Å². The largest absolute Gasteiger partial charge is 0.477 e. The predicted octanol–water partition coefficient (Wildman–Crippen LogP) is 2.18. The van der Waals surface area contributed by atoms with Crippen LogP contribution in [0.5, 0.6) is 5.88 Å². The fraction of sp³-hybridized carbons (Fsp3) is 0.650. The SMILES string of the molecule is CCCCOc1ncccc1CNC(=NC)NC1CCN(C(=O)C(C)C)C1. The van der Waals surface area contributed by atoms with Crippen LogP contribution >= 0.6 is 0 Å². The molecular weight excluding hydrogens is 342 g/mol. The van der Waals surface area contributed by atoms with Gasteiger partial charge in [0.1, 0.15) is 0 Å². The number of nitrogens with zero attached hydrogens (tertiary/aromatic N) is 3. The molecule has 0 aliphatic carbocycles. The first-order chi connectivity index (χ1) is 13.0. The van der Waals surface area contributed by atoms with Crippen LogP contribution in [0.3, 0.4) is 0 Å². The number of rotatable bonds is 8. The molecule has 1 aliphatic heterocycles. The maximum atomic E-state index is 12.1. The summed E-state index contributed by atoms with van der Waals surface area (Å²) in [4.78, 5) is 22.7. The van der Waals surface area contributed by atoms with Gasteiger partial charge in [0.2, 0.25) is 11.8 Å². The molecule has 1 aromatic heterocycles. The Morgan fingerprint density at radius 3 is 3.00 bits per heavy atom. The van der Waals surface area contributed by atoms with Crippen molar-refractivity contribution in [3.8, 4) is 5.88 Å². The number of hydrogen-bond donors (Lipinski definition) is 2. The van der Waals surface area contributed by atoms with Gasteiger partial charge in [-0.2, -0.15) is 0 Å². The third kappa shape index (κ3) is 6.41. The number of guanidine groups is 1. The average molecular weight is 376 g/mol. The van der Waals surface area contributed by atoms with Crippen molar-refractivity contribution in [1.29, 1.82) is 0 Å². The first-order valence-corrected chi connectivity index (χ1v) is 9.87. The molecular formula is C20H33N5O2. The summed E-state index contributed by atoms with van der Waals surface area (Å²) in [7, 11) is 1.75. The summed E-state index contributed by atoms with van der Waals surface area (Å²) in [5.74, 6) is 1.65. The molecule has 2 rings (SSSR count). The third-order valence-corrected chi connectivity index (χ3v) is 4.59. The molecule has 1 atom stereocenters. The number of pyridine rings is 1. The summed E-state index contributed by atoms with van der Waals surface area (Å²) >= 11 is 0. The highest BCUT2D eigenvalue weighted by Crippen LogP contribution is 2.15. The van der Waals surface area contributed by atoms with E-state index in [1.165, 1.54) is 0 Å². The van der Waals surface area contributed by atoms with E-state index >= 15 is 0 Å². The summed E-state index contributed by atoms with van der Waals surface area (Å²) < 4.78 is 5.78. The number of nitrogens with one attached hydrogen (secondary N) is 2. The van der Waals surface area contributed by atoms with E-state index in [-0.39, 0.29) is 17.9 Å². The fourth-order valence-electron chi connectivity index (χ4n) is 3.01. The highest BCUT2D eigenvalue weighted by Gasteiger charge is 2.27. The maximum Gasteiger partial charge on any atom is 0.225 e. The lowest BCUT2D eigenvalue weighted by Crippen LogP contribution is -2.45. The Hall–Kier alpha value is -2.31. The lowest BCUT2D eigenvalue weighted by Gasteiger charge is -2.20. The van der Waals surface area contributed by atoms with Crippen LogP contribution in [0.15, 0.2) is 23.3 Å². The molecule has 2 heterocycles. The number of unbranched alkanes of at least 4 members (excludes halogenated alkanes) is 1. The summed E-state index contributed by atoms with van der Waals surface area (Å²) in [5, 5.41) is 6.74. The fourth-order valence-corrected chi connectivity index (χ4v) is 3.01. The second-order valence-corrected chi connectivity index (χ2v) is 7.16. The smallest absolute Gasteiger partial charge is 0.225 e. The van der Waals surface area contributed by atoms with Crippen LogP contribution in [0.4, 0.5) is 0 Å². The van der Waals surface area contributed by atoms with Crippen molar-refractivity contribution in [3.63, 3.8) is 0 Å². The Morgan fingerprint density at radius 1 is 1.48 bits per heavy atom. The van der Waals surface area contributed by atoms with E-state index in [9.17, 15) is 4.79 Å². The summed E-state index contributed by atoms with van der Waals surface area (Å²) in [5.41, 5.74) is 1.000. The second kappa shape index (κ2) is 10.7. The lowest BCUT2D eigenvalue weighted by molar-refractivity contribution is -0.133. The van der Waals surface area contributed by atoms with Crippen LogP contribution in [0.2, 0.25) is 0 Å². The molecule has 1 aliphatic rings. The zero-order valence-corrected chi connectivity index (χ0v) is 17.0. The molecule has 1 amide bonds. The van der Waals surface area contributed by atoms with Gasteiger partial charge in [0.25, 0.3) is 0 Å². The average Bonchev–Trinajstić information content (AvgIpc) is 3.14. The molecule has 0 saturated carbocycles. The normalized spacial score (nSPS) is 17.3. The molecule has 1 fully saturated rings. The van der Waals surface area contributed by atoms with Crippen molar-refractivity contribution in [2.45, 2.75) is 52.6 Å². The van der Waals surface area contributed by atoms with Gasteiger partial charge in [0, 0.05) is 50.4 Å². The van der Waals surface area contributed by atoms with Gasteiger partial charge in [-0.25, -0.2) is 4.98 Å². The highest BCUT2D eigenvalue weighted by molar-refractivity contribution is 5.81. The van der Waals surface area contributed by atoms with E-state index in [1.54, 1.807) is 13.2 Å². The highest BCUT2D eigenvalue weighted by atomic mass is 16.5. The predicted molar refractivity (Wildman–Crippen MR) is 108 cm³/mol. The molecule has 1 aromatic rings. The van der Waals surface area contributed by atoms with Gasteiger partial charge < -0.3 is 20.3 Å². The Labute approximate surface area is 162 Å². The number of carbonyl (C=O) groups is 1. The minimum Gasteiger partial charge on any atom is -0.477 e. The van der Waals surface area contributed by atoms with Gasteiger partial charge in [-0.3, -0.25) is 9.79 Å². The molecule has 0 aromatic carbocycles. The number of amides is 1. The molecule has 0 spiro atoms. The molecule has 2 N–H and O–H groups in total. The Morgan fingerprint density at radius 2 is 2.30 bits per heavy atom. The lowest BCUT2D eigenvalue weighted by atomic mass is 10.2. The van der Waals surface area contributed by atoms with Crippen molar-refractivity contribution in [2.75, 3.05) is 26.7 Å². The Bertz CT molecular complexity index is 633. The maximum absolute atomic E-state index is 12.1. The Balaban J connectivity index is 1.85. The quantitative estimate of drug-likeness (QED) is 0.414. The van der Waals surface area contributed by atoms with Crippen molar-refractivity contribution in [3.05, 3.63) is 23.9 Å². The Kier molecular flexibility index (Phi) is 8.36. The number of aromatic nitrogens is 1. The summed E-state index contributed by atoms with van der Waals surface area (Å²) in [6, 6.07) is 4.13. The van der Waals surface area contributed by atoms with Crippen LogP contribution in [-0.2, 0) is 11.3 Å². The van der Waals surface area contributed by atoms with E-state index < -0.39 is 0 Å². The molecule has 0 bridgehead atoms. The van der Waals surface area contributed by atoms with E-state index in [4.69, 9.17) is 4.74 Å². The number of hydrogen-bond acceptors (Lipinski definition) is 4. The number of ether oxygens (including phenoxy) is 1. The van der Waals surface area contributed by atoms with Crippen molar-refractivity contribution in [2.24, 2.45) is 10.9 Å². The molecule has 150 valence electrons. The molecule has 27 heavy (non-hydrogen) atoms. The van der Waals surface area contributed by atoms with Gasteiger partial charge in [0.15, 0.2) is 5.96 Å². The molecule has 7 nitrogen and oxygen atoms in total. The molecule has 1 unspecified atom stereocenters. The van der Waals surface area contributed by atoms with Crippen molar-refractivity contribution >= 4 is 11.9 Å². The van der Waals surface area contributed by atoms with E-state index in [1.807, 2.05) is 30.9 Å². The van der Waals surface area contributed by atoms with Gasteiger partial charge >= 0.3 is 0 Å². The standard InChI is InChI=1S/C20H33N5O2/c1-5-6-12-27-18-16(8-7-10-22-18)13-23-20(21-4)24-17-9-11-25(14-17)19(26)15(2)3/h7-8,10,15,17H,5-6,9,11-14H2,1-4H3,(H2,21,23,24). The third-order valence-electron chi connectivity index (χ3n) is 4.59. The van der Waals surface area contributed by atoms with Crippen LogP contribution < -0.4 is 15.4 Å². The van der Waals surface area contributed by atoms with Crippen LogP contribution in [0.1, 0.15) is 45.6 Å². The van der Waals surface area contributed by atoms with Gasteiger partial charge in [-0.05, 0) is 18.9 Å².